The number of rotatable bonds is 9. The molecule has 2 aromatic rings. The summed E-state index contributed by atoms with van der Waals surface area (Å²) in [4.78, 5) is 27.3. The summed E-state index contributed by atoms with van der Waals surface area (Å²) < 4.78 is 20.2. The Balaban J connectivity index is 2.24. The molecule has 6 heteroatoms. The highest BCUT2D eigenvalue weighted by Gasteiger charge is 2.28. The number of nitrogens with zero attached hydrogens (tertiary/aromatic N) is 1. The Morgan fingerprint density at radius 3 is 2.31 bits per heavy atom. The molecule has 0 aliphatic carbocycles. The molecule has 0 radical (unpaired) electrons. The van der Waals surface area contributed by atoms with Gasteiger partial charge in [-0.15, -0.1) is 0 Å². The van der Waals surface area contributed by atoms with Crippen LogP contribution >= 0.6 is 0 Å². The number of ether oxygens (including phenoxy) is 1. The molecule has 0 spiro atoms. The normalized spacial score (nSPS) is 13.2. The predicted octanol–water partition coefficient (Wildman–Crippen LogP) is 4.83. The lowest BCUT2D eigenvalue weighted by Crippen LogP contribution is -2.50. The number of nitrogens with one attached hydrogen (secondary N) is 1. The Morgan fingerprint density at radius 2 is 1.69 bits per heavy atom. The molecule has 2 atom stereocenters. The number of halogens is 1. The molecule has 32 heavy (non-hydrogen) atoms. The van der Waals surface area contributed by atoms with Crippen molar-refractivity contribution in [2.75, 3.05) is 6.61 Å². The summed E-state index contributed by atoms with van der Waals surface area (Å²) in [6, 6.07) is 13.0. The lowest BCUT2D eigenvalue weighted by molar-refractivity contribution is -0.142. The minimum atomic E-state index is -0.780. The minimum absolute atomic E-state index is 0.0229. The first-order valence-electron chi connectivity index (χ1n) is 11.1. The van der Waals surface area contributed by atoms with Gasteiger partial charge in [0.2, 0.25) is 5.91 Å². The van der Waals surface area contributed by atoms with Crippen LogP contribution in [-0.4, -0.2) is 35.4 Å². The lowest BCUT2D eigenvalue weighted by atomic mass is 9.86. The van der Waals surface area contributed by atoms with E-state index in [1.165, 1.54) is 11.0 Å². The van der Waals surface area contributed by atoms with Crippen LogP contribution in [0.5, 0.6) is 5.75 Å². The van der Waals surface area contributed by atoms with Crippen molar-refractivity contribution in [3.8, 4) is 5.75 Å². The Bertz CT molecular complexity index is 923. The SMILES string of the molecule is CC[C@H](C)NC(=O)[C@H](C)N(Cc1ccccc1F)C(=O)COc1ccccc1C(C)(C)C. The number of carbonyl (C=O) groups is 2. The van der Waals surface area contributed by atoms with Crippen molar-refractivity contribution in [1.82, 2.24) is 10.2 Å². The molecule has 0 heterocycles. The first-order chi connectivity index (χ1) is 15.0. The first-order valence-corrected chi connectivity index (χ1v) is 11.1. The Hall–Kier alpha value is -2.89. The molecule has 0 saturated heterocycles. The molecule has 0 aliphatic heterocycles. The molecular weight excluding hydrogens is 407 g/mol. The number of hydrogen-bond donors (Lipinski definition) is 1. The van der Waals surface area contributed by atoms with Crippen LogP contribution in [0.3, 0.4) is 0 Å². The van der Waals surface area contributed by atoms with E-state index in [1.54, 1.807) is 25.1 Å². The van der Waals surface area contributed by atoms with E-state index in [0.717, 1.165) is 12.0 Å². The van der Waals surface area contributed by atoms with Crippen LogP contribution in [0.15, 0.2) is 48.5 Å². The van der Waals surface area contributed by atoms with E-state index >= 15 is 0 Å². The average Bonchev–Trinajstić information content (AvgIpc) is 2.75. The summed E-state index contributed by atoms with van der Waals surface area (Å²) in [6.45, 7) is 11.5. The maximum atomic E-state index is 14.3. The summed E-state index contributed by atoms with van der Waals surface area (Å²) in [7, 11) is 0. The van der Waals surface area contributed by atoms with Gasteiger partial charge in [0.05, 0.1) is 0 Å². The smallest absolute Gasteiger partial charge is 0.261 e. The standard InChI is InChI=1S/C26H35FN2O3/c1-7-18(2)28-25(31)19(3)29(16-20-12-8-10-14-22(20)27)24(30)17-32-23-15-11-9-13-21(23)26(4,5)6/h8-15,18-19H,7,16-17H2,1-6H3,(H,28,31)/t18-,19-/m0/s1. The Labute approximate surface area is 191 Å². The van der Waals surface area contributed by atoms with Crippen LogP contribution < -0.4 is 10.1 Å². The maximum Gasteiger partial charge on any atom is 0.261 e. The Kier molecular flexibility index (Phi) is 8.81. The molecule has 1 N–H and O–H groups in total. The largest absolute Gasteiger partial charge is 0.483 e. The second kappa shape index (κ2) is 11.1. The molecule has 2 rings (SSSR count). The van der Waals surface area contributed by atoms with Crippen molar-refractivity contribution < 1.29 is 18.7 Å². The number of hydrogen-bond acceptors (Lipinski definition) is 3. The average molecular weight is 443 g/mol. The van der Waals surface area contributed by atoms with Gasteiger partial charge in [0.1, 0.15) is 17.6 Å². The van der Waals surface area contributed by atoms with Crippen LogP contribution in [0.1, 0.15) is 59.1 Å². The van der Waals surface area contributed by atoms with Crippen LogP contribution in [-0.2, 0) is 21.5 Å². The van der Waals surface area contributed by atoms with Crippen molar-refractivity contribution in [2.45, 2.75) is 72.0 Å². The molecule has 174 valence electrons. The van der Waals surface area contributed by atoms with E-state index in [0.29, 0.717) is 11.3 Å². The molecule has 0 fully saturated rings. The van der Waals surface area contributed by atoms with Gasteiger partial charge in [-0.05, 0) is 43.4 Å². The highest BCUT2D eigenvalue weighted by Crippen LogP contribution is 2.31. The van der Waals surface area contributed by atoms with Gasteiger partial charge in [0, 0.05) is 18.2 Å². The topological polar surface area (TPSA) is 58.6 Å². The molecule has 5 nitrogen and oxygen atoms in total. The van der Waals surface area contributed by atoms with Crippen molar-refractivity contribution in [3.05, 3.63) is 65.5 Å². The second-order valence-electron chi connectivity index (χ2n) is 9.14. The zero-order valence-corrected chi connectivity index (χ0v) is 19.9. The molecule has 0 aromatic heterocycles. The van der Waals surface area contributed by atoms with E-state index < -0.39 is 11.9 Å². The van der Waals surface area contributed by atoms with E-state index in [1.807, 2.05) is 38.1 Å². The fourth-order valence-corrected chi connectivity index (χ4v) is 3.29. The van der Waals surface area contributed by atoms with Gasteiger partial charge in [-0.25, -0.2) is 4.39 Å². The van der Waals surface area contributed by atoms with E-state index in [-0.39, 0.29) is 36.4 Å². The Morgan fingerprint density at radius 1 is 1.06 bits per heavy atom. The molecule has 0 saturated carbocycles. The molecule has 2 amide bonds. The molecule has 2 aromatic carbocycles. The minimum Gasteiger partial charge on any atom is -0.483 e. The maximum absolute atomic E-state index is 14.3. The first kappa shape index (κ1) is 25.4. The van der Waals surface area contributed by atoms with E-state index in [2.05, 4.69) is 26.1 Å². The van der Waals surface area contributed by atoms with Crippen molar-refractivity contribution in [3.63, 3.8) is 0 Å². The van der Waals surface area contributed by atoms with Crippen molar-refractivity contribution >= 4 is 11.8 Å². The van der Waals surface area contributed by atoms with Gasteiger partial charge in [-0.1, -0.05) is 64.1 Å². The summed E-state index contributed by atoms with van der Waals surface area (Å²) in [5.74, 6) is -0.461. The second-order valence-corrected chi connectivity index (χ2v) is 9.14. The van der Waals surface area contributed by atoms with Gasteiger partial charge >= 0.3 is 0 Å². The number of carbonyl (C=O) groups excluding carboxylic acids is 2. The van der Waals surface area contributed by atoms with Crippen molar-refractivity contribution in [1.29, 1.82) is 0 Å². The van der Waals surface area contributed by atoms with Gasteiger partial charge in [-0.2, -0.15) is 0 Å². The zero-order chi connectivity index (χ0) is 23.9. The predicted molar refractivity (Wildman–Crippen MR) is 125 cm³/mol. The van der Waals surface area contributed by atoms with Crippen LogP contribution in [0.2, 0.25) is 0 Å². The van der Waals surface area contributed by atoms with E-state index in [4.69, 9.17) is 4.74 Å². The van der Waals surface area contributed by atoms with Gasteiger partial charge < -0.3 is 15.0 Å². The molecule has 0 bridgehead atoms. The highest BCUT2D eigenvalue weighted by atomic mass is 19.1. The highest BCUT2D eigenvalue weighted by molar-refractivity contribution is 5.88. The monoisotopic (exact) mass is 442 g/mol. The quantitative estimate of drug-likeness (QED) is 0.605. The fourth-order valence-electron chi connectivity index (χ4n) is 3.29. The molecule has 0 unspecified atom stereocenters. The van der Waals surface area contributed by atoms with Crippen molar-refractivity contribution in [2.24, 2.45) is 0 Å². The van der Waals surface area contributed by atoms with Gasteiger partial charge in [0.15, 0.2) is 6.61 Å². The zero-order valence-electron chi connectivity index (χ0n) is 19.9. The number of amides is 2. The van der Waals surface area contributed by atoms with E-state index in [9.17, 15) is 14.0 Å². The third kappa shape index (κ3) is 6.81. The fraction of sp³-hybridized carbons (Fsp3) is 0.462. The van der Waals surface area contributed by atoms with Crippen LogP contribution in [0.4, 0.5) is 4.39 Å². The summed E-state index contributed by atoms with van der Waals surface area (Å²) in [6.07, 6.45) is 0.770. The number of para-hydroxylation sites is 1. The molecular formula is C26H35FN2O3. The molecule has 0 aliphatic rings. The van der Waals surface area contributed by atoms with Crippen LogP contribution in [0, 0.1) is 5.82 Å². The third-order valence-corrected chi connectivity index (χ3v) is 5.51. The van der Waals surface area contributed by atoms with Gasteiger partial charge in [-0.3, -0.25) is 9.59 Å². The third-order valence-electron chi connectivity index (χ3n) is 5.51. The summed E-state index contributed by atoms with van der Waals surface area (Å²) >= 11 is 0. The van der Waals surface area contributed by atoms with Crippen LogP contribution in [0.25, 0.3) is 0 Å². The summed E-state index contributed by atoms with van der Waals surface area (Å²) in [5, 5.41) is 2.90. The summed E-state index contributed by atoms with van der Waals surface area (Å²) in [5.41, 5.74) is 1.17. The lowest BCUT2D eigenvalue weighted by Gasteiger charge is -2.30. The van der Waals surface area contributed by atoms with Gasteiger partial charge in [0.25, 0.3) is 5.91 Å². The number of benzene rings is 2.